The molecule has 0 amide bonds. The van der Waals surface area contributed by atoms with Crippen LogP contribution in [0.15, 0.2) is 30.3 Å². The first-order chi connectivity index (χ1) is 10.3. The van der Waals surface area contributed by atoms with E-state index in [2.05, 4.69) is 36.5 Å². The molecule has 0 radical (unpaired) electrons. The van der Waals surface area contributed by atoms with Crippen molar-refractivity contribution in [1.82, 2.24) is 5.32 Å². The Morgan fingerprint density at radius 2 is 2.05 bits per heavy atom. The first-order valence-corrected chi connectivity index (χ1v) is 9.05. The molecule has 3 rings (SSSR count). The van der Waals surface area contributed by atoms with Crippen molar-refractivity contribution in [2.24, 2.45) is 0 Å². The van der Waals surface area contributed by atoms with Crippen molar-refractivity contribution in [3.63, 3.8) is 0 Å². The van der Waals surface area contributed by atoms with Gasteiger partial charge in [0.25, 0.3) is 0 Å². The Morgan fingerprint density at radius 1 is 1.19 bits per heavy atom. The zero-order chi connectivity index (χ0) is 14.7. The molecule has 1 N–H and O–H groups in total. The zero-order valence-corrected chi connectivity index (χ0v) is 14.1. The van der Waals surface area contributed by atoms with Crippen LogP contribution in [0, 0.1) is 0 Å². The molecule has 1 atom stereocenters. The van der Waals surface area contributed by atoms with Crippen LogP contribution in [0.25, 0.3) is 0 Å². The van der Waals surface area contributed by atoms with E-state index >= 15 is 0 Å². The highest BCUT2D eigenvalue weighted by Crippen LogP contribution is 2.30. The fraction of sp³-hybridized carbons (Fsp3) is 0.444. The van der Waals surface area contributed by atoms with Crippen LogP contribution in [0.5, 0.6) is 0 Å². The van der Waals surface area contributed by atoms with Gasteiger partial charge in [0, 0.05) is 10.9 Å². The molecule has 21 heavy (non-hydrogen) atoms. The molecule has 1 nitrogen and oxygen atoms in total. The molecule has 0 aliphatic heterocycles. The summed E-state index contributed by atoms with van der Waals surface area (Å²) in [6.45, 7) is 3.26. The number of fused-ring (bicyclic) bond motifs is 1. The Bertz CT molecular complexity index is 605. The maximum absolute atomic E-state index is 6.11. The van der Waals surface area contributed by atoms with Crippen molar-refractivity contribution in [3.05, 3.63) is 56.2 Å². The van der Waals surface area contributed by atoms with Crippen molar-refractivity contribution in [2.45, 2.75) is 45.1 Å². The molecule has 0 spiro atoms. The van der Waals surface area contributed by atoms with Crippen molar-refractivity contribution < 1.29 is 0 Å². The largest absolute Gasteiger partial charge is 0.309 e. The van der Waals surface area contributed by atoms with Gasteiger partial charge >= 0.3 is 0 Å². The van der Waals surface area contributed by atoms with Gasteiger partial charge in [-0.25, -0.2) is 0 Å². The monoisotopic (exact) mass is 319 g/mol. The fourth-order valence-corrected chi connectivity index (χ4v) is 4.23. The lowest BCUT2D eigenvalue weighted by molar-refractivity contribution is 0.536. The van der Waals surface area contributed by atoms with E-state index in [0.717, 1.165) is 23.7 Å². The van der Waals surface area contributed by atoms with Gasteiger partial charge in [-0.1, -0.05) is 36.7 Å². The van der Waals surface area contributed by atoms with Crippen LogP contribution in [0.2, 0.25) is 4.34 Å². The first-order valence-electron chi connectivity index (χ1n) is 7.85. The fourth-order valence-electron chi connectivity index (χ4n) is 3.10. The minimum Gasteiger partial charge on any atom is -0.309 e. The molecular weight excluding hydrogens is 298 g/mol. The number of rotatable bonds is 6. The minimum absolute atomic E-state index is 0.377. The van der Waals surface area contributed by atoms with Crippen LogP contribution in [-0.2, 0) is 19.3 Å². The molecule has 1 heterocycles. The van der Waals surface area contributed by atoms with E-state index in [1.807, 2.05) is 6.07 Å². The van der Waals surface area contributed by atoms with Crippen LogP contribution >= 0.6 is 22.9 Å². The molecule has 1 aliphatic carbocycles. The molecule has 1 unspecified atom stereocenters. The van der Waals surface area contributed by atoms with Gasteiger partial charge in [0.15, 0.2) is 0 Å². The number of hydrogen-bond acceptors (Lipinski definition) is 2. The van der Waals surface area contributed by atoms with Crippen LogP contribution in [0.4, 0.5) is 0 Å². The molecule has 0 bridgehead atoms. The van der Waals surface area contributed by atoms with Gasteiger partial charge in [-0.05, 0) is 67.5 Å². The summed E-state index contributed by atoms with van der Waals surface area (Å²) in [7, 11) is 0. The number of thiophene rings is 1. The Hall–Kier alpha value is -0.830. The summed E-state index contributed by atoms with van der Waals surface area (Å²) in [6.07, 6.45) is 6.02. The minimum atomic E-state index is 0.377. The zero-order valence-electron chi connectivity index (χ0n) is 12.5. The van der Waals surface area contributed by atoms with Gasteiger partial charge in [0.05, 0.1) is 4.34 Å². The van der Waals surface area contributed by atoms with Crippen LogP contribution in [0.3, 0.4) is 0 Å². The normalized spacial score (nSPS) is 15.1. The smallest absolute Gasteiger partial charge is 0.0931 e. The number of benzene rings is 1. The first kappa shape index (κ1) is 15.1. The van der Waals surface area contributed by atoms with E-state index in [1.165, 1.54) is 29.7 Å². The van der Waals surface area contributed by atoms with E-state index in [4.69, 9.17) is 11.6 Å². The van der Waals surface area contributed by atoms with Gasteiger partial charge in [-0.15, -0.1) is 11.3 Å². The highest BCUT2D eigenvalue weighted by molar-refractivity contribution is 7.16. The molecule has 112 valence electrons. The highest BCUT2D eigenvalue weighted by atomic mass is 35.5. The second kappa shape index (κ2) is 6.95. The van der Waals surface area contributed by atoms with E-state index in [9.17, 15) is 0 Å². The molecule has 1 aliphatic rings. The van der Waals surface area contributed by atoms with Crippen molar-refractivity contribution in [2.75, 3.05) is 6.54 Å². The Kier molecular flexibility index (Phi) is 4.99. The number of halogens is 1. The SMILES string of the molecule is CCCNC(Cc1ccc2c(c1)CCC2)c1ccc(Cl)s1. The predicted molar refractivity (Wildman–Crippen MR) is 92.5 cm³/mol. The molecule has 0 saturated heterocycles. The summed E-state index contributed by atoms with van der Waals surface area (Å²) >= 11 is 7.80. The van der Waals surface area contributed by atoms with Gasteiger partial charge in [-0.3, -0.25) is 0 Å². The molecule has 1 aromatic carbocycles. The van der Waals surface area contributed by atoms with Gasteiger partial charge < -0.3 is 5.32 Å². The maximum atomic E-state index is 6.11. The quantitative estimate of drug-likeness (QED) is 0.774. The second-order valence-corrected chi connectivity index (χ2v) is 7.56. The average molecular weight is 320 g/mol. The highest BCUT2D eigenvalue weighted by Gasteiger charge is 2.16. The van der Waals surface area contributed by atoms with Gasteiger partial charge in [-0.2, -0.15) is 0 Å². The molecule has 3 heteroatoms. The lowest BCUT2D eigenvalue weighted by Crippen LogP contribution is -2.23. The predicted octanol–water partition coefficient (Wildman–Crippen LogP) is 5.17. The summed E-state index contributed by atoms with van der Waals surface area (Å²) in [4.78, 5) is 1.34. The third kappa shape index (κ3) is 3.68. The topological polar surface area (TPSA) is 12.0 Å². The number of nitrogens with one attached hydrogen (secondary N) is 1. The third-order valence-corrected chi connectivity index (χ3v) is 5.53. The molecule has 0 fully saturated rings. The van der Waals surface area contributed by atoms with Crippen molar-refractivity contribution in [1.29, 1.82) is 0 Å². The summed E-state index contributed by atoms with van der Waals surface area (Å²) < 4.78 is 0.877. The average Bonchev–Trinajstić information content (AvgIpc) is 3.11. The van der Waals surface area contributed by atoms with E-state index < -0.39 is 0 Å². The third-order valence-electron chi connectivity index (χ3n) is 4.18. The Labute approximate surface area is 136 Å². The molecule has 1 aromatic heterocycles. The summed E-state index contributed by atoms with van der Waals surface area (Å²) in [5, 5.41) is 3.67. The van der Waals surface area contributed by atoms with E-state index in [1.54, 1.807) is 22.5 Å². The lowest BCUT2D eigenvalue weighted by Gasteiger charge is -2.18. The van der Waals surface area contributed by atoms with E-state index in [-0.39, 0.29) is 0 Å². The standard InChI is InChI=1S/C18H22ClNS/c1-2-10-20-16(17-8-9-18(19)21-17)12-13-6-7-14-4-3-5-15(14)11-13/h6-9,11,16,20H,2-5,10,12H2,1H3. The molecular formula is C18H22ClNS. The van der Waals surface area contributed by atoms with Crippen LogP contribution in [0.1, 0.15) is 47.4 Å². The Morgan fingerprint density at radius 3 is 2.81 bits per heavy atom. The molecule has 0 saturated carbocycles. The van der Waals surface area contributed by atoms with Crippen LogP contribution < -0.4 is 5.32 Å². The summed E-state index contributed by atoms with van der Waals surface area (Å²) in [6, 6.07) is 11.6. The second-order valence-electron chi connectivity index (χ2n) is 5.81. The summed E-state index contributed by atoms with van der Waals surface area (Å²) in [5.41, 5.74) is 4.55. The molecule has 2 aromatic rings. The lowest BCUT2D eigenvalue weighted by atomic mass is 10.00. The number of hydrogen-bond donors (Lipinski definition) is 1. The van der Waals surface area contributed by atoms with Crippen molar-refractivity contribution >= 4 is 22.9 Å². The van der Waals surface area contributed by atoms with E-state index in [0.29, 0.717) is 6.04 Å². The van der Waals surface area contributed by atoms with Gasteiger partial charge in [0.1, 0.15) is 0 Å². The maximum Gasteiger partial charge on any atom is 0.0931 e. The number of aryl methyl sites for hydroxylation is 2. The Balaban J connectivity index is 1.77. The summed E-state index contributed by atoms with van der Waals surface area (Å²) in [5.74, 6) is 0. The van der Waals surface area contributed by atoms with Crippen molar-refractivity contribution in [3.8, 4) is 0 Å². The van der Waals surface area contributed by atoms with Gasteiger partial charge in [0.2, 0.25) is 0 Å². The van der Waals surface area contributed by atoms with Crippen LogP contribution in [-0.4, -0.2) is 6.54 Å².